The molecular formula is C25H30N4O2. The molecule has 6 nitrogen and oxygen atoms in total. The van der Waals surface area contributed by atoms with Crippen LogP contribution in [0, 0.1) is 5.92 Å². The van der Waals surface area contributed by atoms with E-state index >= 15 is 0 Å². The molecule has 1 N–H and O–H groups in total. The summed E-state index contributed by atoms with van der Waals surface area (Å²) in [6.07, 6.45) is 8.13. The number of fused-ring (bicyclic) bond motifs is 2. The van der Waals surface area contributed by atoms with Crippen molar-refractivity contribution >= 4 is 16.8 Å². The molecule has 2 aliphatic rings. The fourth-order valence-electron chi connectivity index (χ4n) is 5.06. The molecule has 2 atom stereocenters. The Hall–Kier alpha value is -2.70. The molecule has 3 aromatic rings. The summed E-state index contributed by atoms with van der Waals surface area (Å²) in [5.74, 6) is 0.743. The molecule has 0 radical (unpaired) electrons. The Kier molecular flexibility index (Phi) is 6.00. The van der Waals surface area contributed by atoms with Gasteiger partial charge in [-0.3, -0.25) is 14.7 Å². The number of hydrogen-bond acceptors (Lipinski definition) is 4. The molecule has 0 aliphatic carbocycles. The van der Waals surface area contributed by atoms with Crippen molar-refractivity contribution in [2.24, 2.45) is 5.92 Å². The smallest absolute Gasteiger partial charge is 0.222 e. The number of carbonyl (C=O) groups is 1. The van der Waals surface area contributed by atoms with Gasteiger partial charge in [0.1, 0.15) is 0 Å². The maximum absolute atomic E-state index is 13.1. The number of aromatic amines is 1. The molecule has 1 aromatic carbocycles. The van der Waals surface area contributed by atoms with E-state index in [9.17, 15) is 4.79 Å². The normalized spacial score (nSPS) is 22.3. The molecule has 5 rings (SSSR count). The minimum absolute atomic E-state index is 0.259. The molecule has 2 fully saturated rings. The van der Waals surface area contributed by atoms with Crippen molar-refractivity contribution in [2.45, 2.75) is 31.8 Å². The van der Waals surface area contributed by atoms with Crippen LogP contribution in [0.3, 0.4) is 0 Å². The van der Waals surface area contributed by atoms with Gasteiger partial charge in [0.15, 0.2) is 0 Å². The van der Waals surface area contributed by atoms with Crippen LogP contribution in [0.15, 0.2) is 55.0 Å². The van der Waals surface area contributed by atoms with Crippen LogP contribution in [0.4, 0.5) is 0 Å². The van der Waals surface area contributed by atoms with Crippen LogP contribution in [0.5, 0.6) is 0 Å². The second-order valence-electron chi connectivity index (χ2n) is 8.72. The number of H-pyrrole nitrogens is 1. The van der Waals surface area contributed by atoms with Crippen LogP contribution in [0.1, 0.15) is 24.0 Å². The monoisotopic (exact) mass is 418 g/mol. The van der Waals surface area contributed by atoms with Crippen LogP contribution in [0.25, 0.3) is 10.9 Å². The van der Waals surface area contributed by atoms with Crippen molar-refractivity contribution < 1.29 is 9.53 Å². The van der Waals surface area contributed by atoms with Gasteiger partial charge in [-0.15, -0.1) is 0 Å². The van der Waals surface area contributed by atoms with E-state index in [0.717, 1.165) is 57.8 Å². The highest BCUT2D eigenvalue weighted by Gasteiger charge is 2.36. The number of aromatic nitrogens is 2. The Labute approximate surface area is 183 Å². The van der Waals surface area contributed by atoms with Crippen LogP contribution < -0.4 is 0 Å². The second-order valence-corrected chi connectivity index (χ2v) is 8.72. The Bertz CT molecular complexity index is 1020. The molecule has 2 aliphatic heterocycles. The minimum Gasteiger partial charge on any atom is -0.380 e. The first-order valence-corrected chi connectivity index (χ1v) is 11.3. The number of piperidine rings is 1. The minimum atomic E-state index is 0.259. The topological polar surface area (TPSA) is 61.5 Å². The molecule has 1 amide bonds. The average molecular weight is 419 g/mol. The lowest BCUT2D eigenvalue weighted by Gasteiger charge is -2.42. The number of ether oxygens (including phenoxy) is 1. The van der Waals surface area contributed by atoms with Gasteiger partial charge in [0.2, 0.25) is 5.91 Å². The summed E-state index contributed by atoms with van der Waals surface area (Å²) in [6, 6.07) is 12.7. The zero-order valence-corrected chi connectivity index (χ0v) is 17.9. The molecule has 162 valence electrons. The van der Waals surface area contributed by atoms with Gasteiger partial charge in [-0.1, -0.05) is 24.3 Å². The van der Waals surface area contributed by atoms with E-state index in [1.54, 1.807) is 0 Å². The highest BCUT2D eigenvalue weighted by molar-refractivity contribution is 5.84. The third-order valence-electron chi connectivity index (χ3n) is 6.79. The fraction of sp³-hybridized carbons (Fsp3) is 0.440. The van der Waals surface area contributed by atoms with Crippen LogP contribution in [0.2, 0.25) is 0 Å². The van der Waals surface area contributed by atoms with Crippen molar-refractivity contribution in [1.29, 1.82) is 0 Å². The highest BCUT2D eigenvalue weighted by atomic mass is 16.5. The molecule has 6 heteroatoms. The molecule has 2 aromatic heterocycles. The van der Waals surface area contributed by atoms with Gasteiger partial charge in [0.05, 0.1) is 13.2 Å². The van der Waals surface area contributed by atoms with Crippen LogP contribution in [-0.4, -0.2) is 64.6 Å². The lowest BCUT2D eigenvalue weighted by atomic mass is 9.90. The van der Waals surface area contributed by atoms with Gasteiger partial charge < -0.3 is 14.6 Å². The molecule has 0 spiro atoms. The summed E-state index contributed by atoms with van der Waals surface area (Å²) >= 11 is 0. The number of hydrogen-bond donors (Lipinski definition) is 1. The third kappa shape index (κ3) is 4.50. The van der Waals surface area contributed by atoms with Crippen molar-refractivity contribution in [3.05, 3.63) is 66.1 Å². The van der Waals surface area contributed by atoms with Gasteiger partial charge in [-0.2, -0.15) is 0 Å². The van der Waals surface area contributed by atoms with Crippen LogP contribution in [-0.2, 0) is 22.5 Å². The van der Waals surface area contributed by atoms with Gasteiger partial charge in [0, 0.05) is 74.1 Å². The van der Waals surface area contributed by atoms with Crippen molar-refractivity contribution in [3.8, 4) is 0 Å². The van der Waals surface area contributed by atoms with E-state index in [0.29, 0.717) is 18.4 Å². The first kappa shape index (κ1) is 20.2. The van der Waals surface area contributed by atoms with E-state index in [-0.39, 0.29) is 5.91 Å². The van der Waals surface area contributed by atoms with Crippen LogP contribution >= 0.6 is 0 Å². The van der Waals surface area contributed by atoms with Gasteiger partial charge in [-0.05, 0) is 36.1 Å². The van der Waals surface area contributed by atoms with Gasteiger partial charge in [0.25, 0.3) is 0 Å². The van der Waals surface area contributed by atoms with Crippen molar-refractivity contribution in [2.75, 3.05) is 32.8 Å². The first-order valence-electron chi connectivity index (χ1n) is 11.3. The predicted octanol–water partition coefficient (Wildman–Crippen LogP) is 3.25. The summed E-state index contributed by atoms with van der Waals surface area (Å²) in [4.78, 5) is 25.3. The lowest BCUT2D eigenvalue weighted by molar-refractivity contribution is -0.134. The lowest BCUT2D eigenvalue weighted by Crippen LogP contribution is -2.54. The molecule has 0 saturated carbocycles. The Balaban J connectivity index is 1.24. The summed E-state index contributed by atoms with van der Waals surface area (Å²) in [5, 5.41) is 1.22. The predicted molar refractivity (Wildman–Crippen MR) is 121 cm³/mol. The maximum atomic E-state index is 13.1. The summed E-state index contributed by atoms with van der Waals surface area (Å²) < 4.78 is 5.90. The zero-order chi connectivity index (χ0) is 21.0. The summed E-state index contributed by atoms with van der Waals surface area (Å²) in [5.41, 5.74) is 3.57. The van der Waals surface area contributed by atoms with E-state index in [1.165, 1.54) is 16.5 Å². The fourth-order valence-corrected chi connectivity index (χ4v) is 5.06. The third-order valence-corrected chi connectivity index (χ3v) is 6.79. The number of nitrogens with zero attached hydrogens (tertiary/aromatic N) is 3. The summed E-state index contributed by atoms with van der Waals surface area (Å²) in [7, 11) is 0. The maximum Gasteiger partial charge on any atom is 0.222 e. The molecule has 31 heavy (non-hydrogen) atoms. The van der Waals surface area contributed by atoms with E-state index < -0.39 is 0 Å². The number of carbonyl (C=O) groups excluding carboxylic acids is 1. The number of pyridine rings is 1. The van der Waals surface area contributed by atoms with E-state index in [1.807, 2.05) is 30.7 Å². The average Bonchev–Trinajstić information content (AvgIpc) is 3.12. The van der Waals surface area contributed by atoms with Crippen molar-refractivity contribution in [1.82, 2.24) is 19.8 Å². The van der Waals surface area contributed by atoms with E-state index in [2.05, 4.69) is 44.0 Å². The van der Waals surface area contributed by atoms with Crippen molar-refractivity contribution in [3.63, 3.8) is 0 Å². The standard InChI is InChI=1S/C25H30N4O2/c30-25(8-7-20-15-27-23-6-2-1-5-22(20)23)29-11-9-21-18-31-13-12-28(24(21)17-29)16-19-4-3-10-26-14-19/h1-6,10,14-15,21,24,27H,7-9,11-13,16-18H2/t21-,24-/m1/s1. The molecule has 2 saturated heterocycles. The quantitative estimate of drug-likeness (QED) is 0.691. The number of aryl methyl sites for hydroxylation is 1. The molecule has 0 bridgehead atoms. The Morgan fingerprint density at radius 3 is 3.03 bits per heavy atom. The largest absolute Gasteiger partial charge is 0.380 e. The Morgan fingerprint density at radius 2 is 2.13 bits per heavy atom. The number of para-hydroxylation sites is 1. The van der Waals surface area contributed by atoms with Gasteiger partial charge in [-0.25, -0.2) is 0 Å². The summed E-state index contributed by atoms with van der Waals surface area (Å²) in [6.45, 7) is 4.93. The number of nitrogens with one attached hydrogen (secondary N) is 1. The number of amides is 1. The zero-order valence-electron chi connectivity index (χ0n) is 17.9. The number of likely N-dealkylation sites (tertiary alicyclic amines) is 1. The van der Waals surface area contributed by atoms with E-state index in [4.69, 9.17) is 4.74 Å². The molecule has 0 unspecified atom stereocenters. The Morgan fingerprint density at radius 1 is 1.19 bits per heavy atom. The molecular weight excluding hydrogens is 388 g/mol. The first-order chi connectivity index (χ1) is 15.3. The number of benzene rings is 1. The second kappa shape index (κ2) is 9.20. The highest BCUT2D eigenvalue weighted by Crippen LogP contribution is 2.27. The SMILES string of the molecule is O=C(CCc1c[nH]c2ccccc12)N1CC[C@@H]2COCCN(Cc3cccnc3)[C@@H]2C1. The number of rotatable bonds is 5. The van der Waals surface area contributed by atoms with Gasteiger partial charge >= 0.3 is 0 Å². The molecule has 4 heterocycles.